The van der Waals surface area contributed by atoms with Crippen LogP contribution in [0.4, 0.5) is 0 Å². The Balaban J connectivity index is 2.46. The summed E-state index contributed by atoms with van der Waals surface area (Å²) in [5.74, 6) is 0. The van der Waals surface area contributed by atoms with Crippen LogP contribution in [-0.2, 0) is 17.8 Å². The molecule has 1 N–H and O–H groups in total. The zero-order valence-electron chi connectivity index (χ0n) is 13.1. The molecule has 0 atom stereocenters. The Hall–Kier alpha value is -0.420. The van der Waals surface area contributed by atoms with Gasteiger partial charge in [0.25, 0.3) is 0 Å². The zero-order chi connectivity index (χ0) is 15.0. The van der Waals surface area contributed by atoms with Gasteiger partial charge >= 0.3 is 0 Å². The lowest BCUT2D eigenvalue weighted by molar-refractivity contribution is 0.0627. The minimum atomic E-state index is 0.306. The Morgan fingerprint density at radius 3 is 2.70 bits per heavy atom. The van der Waals surface area contributed by atoms with E-state index in [1.807, 2.05) is 0 Å². The molecule has 0 heterocycles. The molecule has 1 aromatic rings. The maximum Gasteiger partial charge on any atom is 0.0596 e. The van der Waals surface area contributed by atoms with Crippen molar-refractivity contribution in [2.75, 3.05) is 26.7 Å². The molecule has 0 aromatic heterocycles. The van der Waals surface area contributed by atoms with Crippen LogP contribution < -0.4 is 5.32 Å². The van der Waals surface area contributed by atoms with Crippen molar-refractivity contribution in [3.8, 4) is 0 Å². The largest absolute Gasteiger partial charge is 0.377 e. The van der Waals surface area contributed by atoms with Gasteiger partial charge in [-0.05, 0) is 44.6 Å². The van der Waals surface area contributed by atoms with Crippen LogP contribution in [0.3, 0.4) is 0 Å². The molecule has 1 aromatic carbocycles. The number of rotatable bonds is 9. The molecule has 4 heteroatoms. The third-order valence-electron chi connectivity index (χ3n) is 3.06. The summed E-state index contributed by atoms with van der Waals surface area (Å²) in [6.45, 7) is 10.8. The maximum absolute atomic E-state index is 5.58. The van der Waals surface area contributed by atoms with E-state index in [2.05, 4.69) is 72.2 Å². The fourth-order valence-corrected chi connectivity index (χ4v) is 2.46. The first kappa shape index (κ1) is 17.6. The highest BCUT2D eigenvalue weighted by Gasteiger charge is 2.06. The first-order chi connectivity index (χ1) is 9.52. The quantitative estimate of drug-likeness (QED) is 0.744. The van der Waals surface area contributed by atoms with Crippen molar-refractivity contribution in [1.29, 1.82) is 0 Å². The summed E-state index contributed by atoms with van der Waals surface area (Å²) in [5.41, 5.74) is 2.63. The summed E-state index contributed by atoms with van der Waals surface area (Å²) in [6.07, 6.45) is 0.306. The molecule has 0 amide bonds. The van der Waals surface area contributed by atoms with Gasteiger partial charge in [0.2, 0.25) is 0 Å². The van der Waals surface area contributed by atoms with Crippen LogP contribution in [0.2, 0.25) is 0 Å². The second-order valence-corrected chi connectivity index (χ2v) is 6.22. The van der Waals surface area contributed by atoms with Gasteiger partial charge in [-0.25, -0.2) is 0 Å². The Kier molecular flexibility index (Phi) is 8.38. The SMILES string of the molecule is CCNCc1ccc(CN(C)CCOC(C)C)c(Br)c1. The van der Waals surface area contributed by atoms with Gasteiger partial charge in [-0.3, -0.25) is 4.90 Å². The molecule has 1 rings (SSSR count). The second-order valence-electron chi connectivity index (χ2n) is 5.36. The summed E-state index contributed by atoms with van der Waals surface area (Å²) >= 11 is 3.67. The fraction of sp³-hybridized carbons (Fsp3) is 0.625. The van der Waals surface area contributed by atoms with Crippen molar-refractivity contribution in [2.24, 2.45) is 0 Å². The van der Waals surface area contributed by atoms with E-state index in [1.165, 1.54) is 15.6 Å². The summed E-state index contributed by atoms with van der Waals surface area (Å²) in [5, 5.41) is 3.34. The molecule has 0 saturated carbocycles. The summed E-state index contributed by atoms with van der Waals surface area (Å²) in [7, 11) is 2.13. The third kappa shape index (κ3) is 6.84. The Bertz CT molecular complexity index is 396. The fourth-order valence-electron chi connectivity index (χ4n) is 1.91. The number of hydrogen-bond acceptors (Lipinski definition) is 3. The second kappa shape index (κ2) is 9.50. The molecule has 0 radical (unpaired) electrons. The van der Waals surface area contributed by atoms with Crippen LogP contribution in [0.1, 0.15) is 31.9 Å². The molecule has 114 valence electrons. The smallest absolute Gasteiger partial charge is 0.0596 e. The molecular weight excluding hydrogens is 316 g/mol. The van der Waals surface area contributed by atoms with Crippen molar-refractivity contribution in [1.82, 2.24) is 10.2 Å². The van der Waals surface area contributed by atoms with E-state index in [9.17, 15) is 0 Å². The monoisotopic (exact) mass is 342 g/mol. The molecule has 0 bridgehead atoms. The van der Waals surface area contributed by atoms with Crippen LogP contribution >= 0.6 is 15.9 Å². The van der Waals surface area contributed by atoms with Gasteiger partial charge in [0.05, 0.1) is 12.7 Å². The van der Waals surface area contributed by atoms with Gasteiger partial charge in [-0.1, -0.05) is 35.0 Å². The van der Waals surface area contributed by atoms with Gasteiger partial charge in [0, 0.05) is 24.1 Å². The van der Waals surface area contributed by atoms with Crippen LogP contribution in [0.5, 0.6) is 0 Å². The predicted octanol–water partition coefficient (Wildman–Crippen LogP) is 3.42. The first-order valence-corrected chi connectivity index (χ1v) is 8.10. The number of likely N-dealkylation sites (N-methyl/N-ethyl adjacent to an activating group) is 1. The Morgan fingerprint density at radius 1 is 1.35 bits per heavy atom. The number of nitrogens with one attached hydrogen (secondary N) is 1. The number of halogens is 1. The molecule has 0 aliphatic heterocycles. The summed E-state index contributed by atoms with van der Waals surface area (Å²) in [4.78, 5) is 2.28. The van der Waals surface area contributed by atoms with E-state index in [0.717, 1.165) is 32.8 Å². The molecule has 0 saturated heterocycles. The van der Waals surface area contributed by atoms with Gasteiger partial charge in [0.1, 0.15) is 0 Å². The third-order valence-corrected chi connectivity index (χ3v) is 3.80. The van der Waals surface area contributed by atoms with Crippen molar-refractivity contribution in [3.05, 3.63) is 33.8 Å². The first-order valence-electron chi connectivity index (χ1n) is 7.31. The number of nitrogens with zero attached hydrogens (tertiary/aromatic N) is 1. The van der Waals surface area contributed by atoms with Crippen molar-refractivity contribution in [3.63, 3.8) is 0 Å². The number of ether oxygens (including phenoxy) is 1. The molecule has 0 fully saturated rings. The Labute approximate surface area is 131 Å². The van der Waals surface area contributed by atoms with Crippen molar-refractivity contribution < 1.29 is 4.74 Å². The van der Waals surface area contributed by atoms with Crippen molar-refractivity contribution >= 4 is 15.9 Å². The molecule has 0 unspecified atom stereocenters. The topological polar surface area (TPSA) is 24.5 Å². The van der Waals surface area contributed by atoms with Crippen LogP contribution in [-0.4, -0.2) is 37.7 Å². The summed E-state index contributed by atoms with van der Waals surface area (Å²) < 4.78 is 6.77. The lowest BCUT2D eigenvalue weighted by Gasteiger charge is -2.19. The maximum atomic E-state index is 5.58. The lowest BCUT2D eigenvalue weighted by atomic mass is 10.1. The van der Waals surface area contributed by atoms with Crippen LogP contribution in [0.25, 0.3) is 0 Å². The van der Waals surface area contributed by atoms with Gasteiger partial charge < -0.3 is 10.1 Å². The number of benzene rings is 1. The summed E-state index contributed by atoms with van der Waals surface area (Å²) in [6, 6.07) is 6.61. The predicted molar refractivity (Wildman–Crippen MR) is 88.9 cm³/mol. The minimum absolute atomic E-state index is 0.306. The van der Waals surface area contributed by atoms with Crippen LogP contribution in [0, 0.1) is 0 Å². The number of hydrogen-bond donors (Lipinski definition) is 1. The highest BCUT2D eigenvalue weighted by Crippen LogP contribution is 2.20. The van der Waals surface area contributed by atoms with Gasteiger partial charge in [0.15, 0.2) is 0 Å². The highest BCUT2D eigenvalue weighted by molar-refractivity contribution is 9.10. The molecule has 0 aliphatic carbocycles. The van der Waals surface area contributed by atoms with Crippen LogP contribution in [0.15, 0.2) is 22.7 Å². The molecule has 0 aliphatic rings. The van der Waals surface area contributed by atoms with Gasteiger partial charge in [-0.2, -0.15) is 0 Å². The molecular formula is C16H27BrN2O. The minimum Gasteiger partial charge on any atom is -0.377 e. The average molecular weight is 343 g/mol. The zero-order valence-corrected chi connectivity index (χ0v) is 14.7. The van der Waals surface area contributed by atoms with E-state index in [0.29, 0.717) is 6.10 Å². The Morgan fingerprint density at radius 2 is 2.10 bits per heavy atom. The highest BCUT2D eigenvalue weighted by atomic mass is 79.9. The molecule has 3 nitrogen and oxygen atoms in total. The van der Waals surface area contributed by atoms with Crippen molar-refractivity contribution in [2.45, 2.75) is 40.0 Å². The molecule has 20 heavy (non-hydrogen) atoms. The van der Waals surface area contributed by atoms with Gasteiger partial charge in [-0.15, -0.1) is 0 Å². The normalized spacial score (nSPS) is 11.6. The lowest BCUT2D eigenvalue weighted by Crippen LogP contribution is -2.24. The van der Waals surface area contributed by atoms with E-state index in [4.69, 9.17) is 4.74 Å². The standard InChI is InChI=1S/C16H27BrN2O/c1-5-18-11-14-6-7-15(16(17)10-14)12-19(4)8-9-20-13(2)3/h6-7,10,13,18H,5,8-9,11-12H2,1-4H3. The average Bonchev–Trinajstić information content (AvgIpc) is 2.38. The van der Waals surface area contributed by atoms with E-state index in [-0.39, 0.29) is 0 Å². The molecule has 0 spiro atoms. The van der Waals surface area contributed by atoms with E-state index < -0.39 is 0 Å². The van der Waals surface area contributed by atoms with E-state index in [1.54, 1.807) is 0 Å². The van der Waals surface area contributed by atoms with E-state index >= 15 is 0 Å².